The van der Waals surface area contributed by atoms with E-state index in [0.29, 0.717) is 5.02 Å². The number of benzene rings is 1. The molecule has 17 heavy (non-hydrogen) atoms. The first-order valence-electron chi connectivity index (χ1n) is 5.77. The van der Waals surface area contributed by atoms with Crippen LogP contribution < -0.4 is 4.90 Å². The van der Waals surface area contributed by atoms with Crippen LogP contribution in [0.1, 0.15) is 25.3 Å². The summed E-state index contributed by atoms with van der Waals surface area (Å²) in [6, 6.07) is 5.56. The monoisotopic (exact) mass is 255 g/mol. The molecule has 0 bridgehead atoms. The van der Waals surface area contributed by atoms with Gasteiger partial charge >= 0.3 is 5.97 Å². The molecule has 0 heterocycles. The molecule has 0 aliphatic carbocycles. The first-order valence-corrected chi connectivity index (χ1v) is 6.15. The van der Waals surface area contributed by atoms with E-state index in [1.165, 1.54) is 0 Å². The summed E-state index contributed by atoms with van der Waals surface area (Å²) < 4.78 is 0. The molecule has 0 atom stereocenters. The normalized spacial score (nSPS) is 10.3. The lowest BCUT2D eigenvalue weighted by molar-refractivity contribution is -0.135. The smallest absolute Gasteiger partial charge is 0.323 e. The number of nitrogens with zero attached hydrogens (tertiary/aromatic N) is 1. The lowest BCUT2D eigenvalue weighted by Crippen LogP contribution is -2.31. The van der Waals surface area contributed by atoms with E-state index in [-0.39, 0.29) is 6.54 Å². The standard InChI is InChI=1S/C13H18ClNO2/c1-3-4-7-15(9-13(16)17)12-8-11(14)6-5-10(12)2/h5-6,8H,3-4,7,9H2,1-2H3,(H,16,17). The van der Waals surface area contributed by atoms with Gasteiger partial charge in [-0.05, 0) is 31.0 Å². The van der Waals surface area contributed by atoms with Crippen molar-refractivity contribution in [1.29, 1.82) is 0 Å². The Bertz CT molecular complexity index is 393. The van der Waals surface area contributed by atoms with Crippen LogP contribution in [0.5, 0.6) is 0 Å². The van der Waals surface area contributed by atoms with E-state index >= 15 is 0 Å². The van der Waals surface area contributed by atoms with Gasteiger partial charge in [-0.1, -0.05) is 31.0 Å². The van der Waals surface area contributed by atoms with Crippen LogP contribution in [-0.4, -0.2) is 24.2 Å². The summed E-state index contributed by atoms with van der Waals surface area (Å²) in [5, 5.41) is 9.57. The summed E-state index contributed by atoms with van der Waals surface area (Å²) in [6.07, 6.45) is 2.01. The second-order valence-electron chi connectivity index (χ2n) is 4.10. The molecule has 1 aromatic rings. The maximum Gasteiger partial charge on any atom is 0.323 e. The van der Waals surface area contributed by atoms with Gasteiger partial charge in [0.2, 0.25) is 0 Å². The summed E-state index contributed by atoms with van der Waals surface area (Å²) >= 11 is 5.96. The van der Waals surface area contributed by atoms with E-state index in [0.717, 1.165) is 30.6 Å². The van der Waals surface area contributed by atoms with Crippen molar-refractivity contribution in [2.24, 2.45) is 0 Å². The van der Waals surface area contributed by atoms with Crippen LogP contribution in [0.25, 0.3) is 0 Å². The first kappa shape index (κ1) is 13.8. The number of aryl methyl sites for hydroxylation is 1. The largest absolute Gasteiger partial charge is 0.480 e. The number of halogens is 1. The molecule has 4 heteroatoms. The molecule has 0 unspecified atom stereocenters. The third kappa shape index (κ3) is 4.27. The number of carbonyl (C=O) groups is 1. The Labute approximate surface area is 107 Å². The second-order valence-corrected chi connectivity index (χ2v) is 4.54. The third-order valence-electron chi connectivity index (χ3n) is 2.62. The molecule has 0 fully saturated rings. The molecule has 1 aromatic carbocycles. The van der Waals surface area contributed by atoms with Crippen LogP contribution >= 0.6 is 11.6 Å². The fourth-order valence-electron chi connectivity index (χ4n) is 1.72. The Morgan fingerprint density at radius 3 is 2.76 bits per heavy atom. The van der Waals surface area contributed by atoms with Gasteiger partial charge in [-0.25, -0.2) is 0 Å². The van der Waals surface area contributed by atoms with Crippen molar-refractivity contribution in [1.82, 2.24) is 0 Å². The summed E-state index contributed by atoms with van der Waals surface area (Å²) in [6.45, 7) is 4.81. The molecule has 94 valence electrons. The number of hydrogen-bond acceptors (Lipinski definition) is 2. The van der Waals surface area contributed by atoms with E-state index in [9.17, 15) is 4.79 Å². The highest BCUT2D eigenvalue weighted by Crippen LogP contribution is 2.24. The fourth-order valence-corrected chi connectivity index (χ4v) is 1.89. The van der Waals surface area contributed by atoms with Crippen molar-refractivity contribution in [2.75, 3.05) is 18.0 Å². The van der Waals surface area contributed by atoms with Crippen molar-refractivity contribution < 1.29 is 9.90 Å². The second kappa shape index (κ2) is 6.50. The van der Waals surface area contributed by atoms with Crippen LogP contribution in [0.15, 0.2) is 18.2 Å². The molecule has 0 radical (unpaired) electrons. The van der Waals surface area contributed by atoms with Crippen molar-refractivity contribution in [3.05, 3.63) is 28.8 Å². The zero-order valence-electron chi connectivity index (χ0n) is 10.2. The fraction of sp³-hybridized carbons (Fsp3) is 0.462. The minimum Gasteiger partial charge on any atom is -0.480 e. The summed E-state index contributed by atoms with van der Waals surface area (Å²) in [5.74, 6) is -0.819. The zero-order valence-corrected chi connectivity index (χ0v) is 11.0. The minimum absolute atomic E-state index is 0.0151. The van der Waals surface area contributed by atoms with Gasteiger partial charge in [-0.15, -0.1) is 0 Å². The molecule has 0 amide bonds. The number of anilines is 1. The van der Waals surface area contributed by atoms with Gasteiger partial charge < -0.3 is 10.0 Å². The van der Waals surface area contributed by atoms with Gasteiger partial charge in [-0.2, -0.15) is 0 Å². The predicted molar refractivity (Wildman–Crippen MR) is 70.9 cm³/mol. The van der Waals surface area contributed by atoms with Gasteiger partial charge in [0.1, 0.15) is 6.54 Å². The summed E-state index contributed by atoms with van der Waals surface area (Å²) in [4.78, 5) is 12.7. The van der Waals surface area contributed by atoms with Gasteiger partial charge in [0, 0.05) is 17.3 Å². The number of unbranched alkanes of at least 4 members (excludes halogenated alkanes) is 1. The van der Waals surface area contributed by atoms with Crippen molar-refractivity contribution in [3.8, 4) is 0 Å². The molecule has 0 aliphatic rings. The topological polar surface area (TPSA) is 40.5 Å². The quantitative estimate of drug-likeness (QED) is 0.848. The highest BCUT2D eigenvalue weighted by atomic mass is 35.5. The highest BCUT2D eigenvalue weighted by Gasteiger charge is 2.12. The molecule has 0 aliphatic heterocycles. The average Bonchev–Trinajstić information content (AvgIpc) is 2.27. The molecular weight excluding hydrogens is 238 g/mol. The zero-order chi connectivity index (χ0) is 12.8. The van der Waals surface area contributed by atoms with Crippen molar-refractivity contribution in [3.63, 3.8) is 0 Å². The lowest BCUT2D eigenvalue weighted by Gasteiger charge is -2.24. The number of rotatable bonds is 6. The molecular formula is C13H18ClNO2. The number of carboxylic acids is 1. The van der Waals surface area contributed by atoms with Crippen LogP contribution in [-0.2, 0) is 4.79 Å². The van der Waals surface area contributed by atoms with Gasteiger partial charge in [0.25, 0.3) is 0 Å². The highest BCUT2D eigenvalue weighted by molar-refractivity contribution is 6.30. The van der Waals surface area contributed by atoms with Crippen molar-refractivity contribution in [2.45, 2.75) is 26.7 Å². The summed E-state index contributed by atoms with van der Waals surface area (Å²) in [5.41, 5.74) is 1.96. The Morgan fingerprint density at radius 2 is 2.18 bits per heavy atom. The van der Waals surface area contributed by atoms with E-state index in [1.807, 2.05) is 30.0 Å². The molecule has 0 spiro atoms. The van der Waals surface area contributed by atoms with Gasteiger partial charge in [-0.3, -0.25) is 4.79 Å². The SMILES string of the molecule is CCCCN(CC(=O)O)c1cc(Cl)ccc1C. The first-order chi connectivity index (χ1) is 8.04. The molecule has 3 nitrogen and oxygen atoms in total. The van der Waals surface area contributed by atoms with Crippen LogP contribution in [0.3, 0.4) is 0 Å². The lowest BCUT2D eigenvalue weighted by atomic mass is 10.1. The molecule has 1 N–H and O–H groups in total. The van der Waals surface area contributed by atoms with Gasteiger partial charge in [0.15, 0.2) is 0 Å². The number of carboxylic acid groups (broad SMARTS) is 1. The van der Waals surface area contributed by atoms with E-state index in [1.54, 1.807) is 0 Å². The van der Waals surface area contributed by atoms with E-state index in [4.69, 9.17) is 16.7 Å². The Morgan fingerprint density at radius 1 is 1.47 bits per heavy atom. The molecule has 0 saturated heterocycles. The van der Waals surface area contributed by atoms with Crippen LogP contribution in [0, 0.1) is 6.92 Å². The number of hydrogen-bond donors (Lipinski definition) is 1. The van der Waals surface area contributed by atoms with Gasteiger partial charge in [0.05, 0.1) is 0 Å². The molecule has 0 aromatic heterocycles. The molecule has 1 rings (SSSR count). The maximum atomic E-state index is 10.9. The Balaban J connectivity index is 2.93. The van der Waals surface area contributed by atoms with Crippen LogP contribution in [0.2, 0.25) is 5.02 Å². The Kier molecular flexibility index (Phi) is 5.29. The maximum absolute atomic E-state index is 10.9. The average molecular weight is 256 g/mol. The Hall–Kier alpha value is -1.22. The number of aliphatic carboxylic acids is 1. The van der Waals surface area contributed by atoms with Crippen molar-refractivity contribution >= 4 is 23.3 Å². The van der Waals surface area contributed by atoms with E-state index in [2.05, 4.69) is 6.92 Å². The summed E-state index contributed by atoms with van der Waals surface area (Å²) in [7, 11) is 0. The minimum atomic E-state index is -0.819. The third-order valence-corrected chi connectivity index (χ3v) is 2.85. The van der Waals surface area contributed by atoms with Crippen LogP contribution in [0.4, 0.5) is 5.69 Å². The predicted octanol–water partition coefficient (Wildman–Crippen LogP) is 3.34. The van der Waals surface area contributed by atoms with E-state index < -0.39 is 5.97 Å². The molecule has 0 saturated carbocycles.